The highest BCUT2D eigenvalue weighted by molar-refractivity contribution is 5.97. The van der Waals surface area contributed by atoms with E-state index in [2.05, 4.69) is 10.6 Å². The summed E-state index contributed by atoms with van der Waals surface area (Å²) >= 11 is 0. The Hall–Kier alpha value is -2.90. The van der Waals surface area contributed by atoms with Gasteiger partial charge in [0.05, 0.1) is 0 Å². The number of benzene rings is 1. The molecule has 1 aromatic rings. The summed E-state index contributed by atoms with van der Waals surface area (Å²) in [6.45, 7) is 13.0. The van der Waals surface area contributed by atoms with Crippen LogP contribution in [0.5, 0.6) is 0 Å². The largest absolute Gasteiger partial charge is 0.459 e. The van der Waals surface area contributed by atoms with E-state index in [0.29, 0.717) is 0 Å². The van der Waals surface area contributed by atoms with Crippen LogP contribution in [0, 0.1) is 23.2 Å². The number of hydrogen-bond acceptors (Lipinski definition) is 6. The Morgan fingerprint density at radius 3 is 2.18 bits per heavy atom. The van der Waals surface area contributed by atoms with Crippen molar-refractivity contribution < 1.29 is 28.7 Å². The summed E-state index contributed by atoms with van der Waals surface area (Å²) in [6, 6.07) is 7.45. The molecule has 34 heavy (non-hydrogen) atoms. The summed E-state index contributed by atoms with van der Waals surface area (Å²) in [5.74, 6) is -2.71. The van der Waals surface area contributed by atoms with Gasteiger partial charge in [-0.05, 0) is 22.8 Å². The van der Waals surface area contributed by atoms with E-state index in [0.717, 1.165) is 12.0 Å². The van der Waals surface area contributed by atoms with Crippen molar-refractivity contribution in [2.45, 2.75) is 79.7 Å². The van der Waals surface area contributed by atoms with Crippen LogP contribution in [0.2, 0.25) is 0 Å². The minimum absolute atomic E-state index is 0.0105. The SMILES string of the molecule is CCC(C)C1C(=O)OC1C(=O)NC(C(=O)NC(C(=O)OCc1ccccc1)C(C)C)C(C)(C)C. The van der Waals surface area contributed by atoms with E-state index in [1.807, 2.05) is 78.8 Å². The van der Waals surface area contributed by atoms with Gasteiger partial charge in [-0.1, -0.05) is 85.2 Å². The van der Waals surface area contributed by atoms with Gasteiger partial charge in [0.25, 0.3) is 5.91 Å². The van der Waals surface area contributed by atoms with E-state index in [4.69, 9.17) is 9.47 Å². The number of carbonyl (C=O) groups excluding carboxylic acids is 4. The Bertz CT molecular complexity index is 877. The van der Waals surface area contributed by atoms with Crippen molar-refractivity contribution in [2.75, 3.05) is 0 Å². The monoisotopic (exact) mass is 474 g/mol. The molecule has 8 nitrogen and oxygen atoms in total. The first kappa shape index (κ1) is 27.3. The highest BCUT2D eigenvalue weighted by atomic mass is 16.6. The van der Waals surface area contributed by atoms with Crippen molar-refractivity contribution in [1.29, 1.82) is 0 Å². The molecule has 2 rings (SSSR count). The van der Waals surface area contributed by atoms with E-state index < -0.39 is 53.3 Å². The van der Waals surface area contributed by atoms with Crippen LogP contribution in [0.1, 0.15) is 60.5 Å². The van der Waals surface area contributed by atoms with Crippen molar-refractivity contribution in [3.8, 4) is 0 Å². The third kappa shape index (κ3) is 6.81. The molecule has 2 amide bonds. The van der Waals surface area contributed by atoms with Gasteiger partial charge in [0.15, 0.2) is 6.10 Å². The van der Waals surface area contributed by atoms with Crippen molar-refractivity contribution >= 4 is 23.8 Å². The Balaban J connectivity index is 2.08. The van der Waals surface area contributed by atoms with Crippen molar-refractivity contribution in [2.24, 2.45) is 23.2 Å². The quantitative estimate of drug-likeness (QED) is 0.505. The number of hydrogen-bond donors (Lipinski definition) is 2. The first-order valence-corrected chi connectivity index (χ1v) is 11.9. The molecule has 188 valence electrons. The van der Waals surface area contributed by atoms with E-state index in [9.17, 15) is 19.2 Å². The zero-order chi connectivity index (χ0) is 25.6. The van der Waals surface area contributed by atoms with Crippen LogP contribution in [0.15, 0.2) is 30.3 Å². The third-order valence-electron chi connectivity index (χ3n) is 6.21. The summed E-state index contributed by atoms with van der Waals surface area (Å²) in [4.78, 5) is 50.8. The number of cyclic esters (lactones) is 1. The topological polar surface area (TPSA) is 111 Å². The Kier molecular flexibility index (Phi) is 9.24. The molecular formula is C26H38N2O6. The molecule has 8 heteroatoms. The lowest BCUT2D eigenvalue weighted by molar-refractivity contribution is -0.193. The van der Waals surface area contributed by atoms with Crippen LogP contribution in [-0.4, -0.2) is 41.9 Å². The Morgan fingerprint density at radius 1 is 1.06 bits per heavy atom. The number of carbonyl (C=O) groups is 4. The first-order chi connectivity index (χ1) is 15.9. The van der Waals surface area contributed by atoms with Crippen molar-refractivity contribution in [1.82, 2.24) is 10.6 Å². The zero-order valence-electron chi connectivity index (χ0n) is 21.2. The fourth-order valence-corrected chi connectivity index (χ4v) is 3.78. The fourth-order valence-electron chi connectivity index (χ4n) is 3.78. The second kappa shape index (κ2) is 11.5. The zero-order valence-corrected chi connectivity index (χ0v) is 21.2. The molecule has 2 N–H and O–H groups in total. The number of nitrogens with one attached hydrogen (secondary N) is 2. The predicted octanol–water partition coefficient (Wildman–Crippen LogP) is 2.99. The van der Waals surface area contributed by atoms with Crippen LogP contribution in [0.4, 0.5) is 0 Å². The van der Waals surface area contributed by atoms with Crippen LogP contribution in [-0.2, 0) is 35.3 Å². The van der Waals surface area contributed by atoms with Gasteiger partial charge in [-0.3, -0.25) is 14.4 Å². The highest BCUT2D eigenvalue weighted by Crippen LogP contribution is 2.32. The molecule has 1 heterocycles. The lowest BCUT2D eigenvalue weighted by Gasteiger charge is -2.39. The van der Waals surface area contributed by atoms with Gasteiger partial charge in [0.1, 0.15) is 24.6 Å². The van der Waals surface area contributed by atoms with Crippen molar-refractivity contribution in [3.05, 3.63) is 35.9 Å². The van der Waals surface area contributed by atoms with Gasteiger partial charge in [-0.15, -0.1) is 0 Å². The smallest absolute Gasteiger partial charge is 0.329 e. The van der Waals surface area contributed by atoms with Crippen LogP contribution in [0.25, 0.3) is 0 Å². The molecule has 1 saturated heterocycles. The molecule has 0 radical (unpaired) electrons. The molecule has 1 fully saturated rings. The Labute approximate surface area is 202 Å². The van der Waals surface area contributed by atoms with Gasteiger partial charge in [0, 0.05) is 0 Å². The van der Waals surface area contributed by atoms with Gasteiger partial charge in [0.2, 0.25) is 5.91 Å². The van der Waals surface area contributed by atoms with E-state index >= 15 is 0 Å². The maximum absolute atomic E-state index is 13.2. The van der Waals surface area contributed by atoms with E-state index in [1.54, 1.807) is 0 Å². The molecule has 5 unspecified atom stereocenters. The summed E-state index contributed by atoms with van der Waals surface area (Å²) < 4.78 is 10.5. The van der Waals surface area contributed by atoms with E-state index in [-0.39, 0.29) is 18.4 Å². The summed E-state index contributed by atoms with van der Waals surface area (Å²) in [6.07, 6.45) is -0.190. The molecule has 0 saturated carbocycles. The molecule has 1 aliphatic heterocycles. The molecule has 0 aliphatic carbocycles. The standard InChI is InChI=1S/C26H38N2O6/c1-8-16(4)18-20(34-24(18)31)22(29)28-21(26(5,6)7)23(30)27-19(15(2)3)25(32)33-14-17-12-10-9-11-13-17/h9-13,15-16,18-21H,8,14H2,1-7H3,(H,27,30)(H,28,29). The summed E-state index contributed by atoms with van der Waals surface area (Å²) in [5.41, 5.74) is 0.185. The molecular weight excluding hydrogens is 436 g/mol. The minimum Gasteiger partial charge on any atom is -0.459 e. The maximum Gasteiger partial charge on any atom is 0.329 e. The molecule has 1 aromatic carbocycles. The first-order valence-electron chi connectivity index (χ1n) is 11.9. The van der Waals surface area contributed by atoms with Crippen molar-refractivity contribution in [3.63, 3.8) is 0 Å². The lowest BCUT2D eigenvalue weighted by atomic mass is 9.81. The number of amides is 2. The normalized spacial score (nSPS) is 20.4. The number of ether oxygens (including phenoxy) is 2. The molecule has 0 bridgehead atoms. The maximum atomic E-state index is 13.2. The highest BCUT2D eigenvalue weighted by Gasteiger charge is 2.50. The molecule has 0 spiro atoms. The average molecular weight is 475 g/mol. The van der Waals surface area contributed by atoms with Crippen LogP contribution >= 0.6 is 0 Å². The number of rotatable bonds is 10. The number of esters is 2. The molecule has 5 atom stereocenters. The summed E-state index contributed by atoms with van der Waals surface area (Å²) in [5, 5.41) is 5.51. The lowest BCUT2D eigenvalue weighted by Crippen LogP contribution is -2.63. The average Bonchev–Trinajstić information content (AvgIpc) is 2.76. The Morgan fingerprint density at radius 2 is 1.68 bits per heavy atom. The summed E-state index contributed by atoms with van der Waals surface area (Å²) in [7, 11) is 0. The van der Waals surface area contributed by atoms with Gasteiger partial charge < -0.3 is 20.1 Å². The van der Waals surface area contributed by atoms with Gasteiger partial charge >= 0.3 is 11.9 Å². The van der Waals surface area contributed by atoms with Gasteiger partial charge in [-0.25, -0.2) is 4.79 Å². The second-order valence-corrected chi connectivity index (χ2v) is 10.4. The van der Waals surface area contributed by atoms with Crippen LogP contribution < -0.4 is 10.6 Å². The van der Waals surface area contributed by atoms with Gasteiger partial charge in [-0.2, -0.15) is 0 Å². The van der Waals surface area contributed by atoms with E-state index in [1.165, 1.54) is 0 Å². The van der Waals surface area contributed by atoms with Crippen LogP contribution in [0.3, 0.4) is 0 Å². The fraction of sp³-hybridized carbons (Fsp3) is 0.615. The molecule has 0 aromatic heterocycles. The minimum atomic E-state index is -0.944. The predicted molar refractivity (Wildman–Crippen MR) is 127 cm³/mol. The third-order valence-corrected chi connectivity index (χ3v) is 6.21. The molecule has 1 aliphatic rings. The second-order valence-electron chi connectivity index (χ2n) is 10.4.